The first-order valence-electron chi connectivity index (χ1n) is 11.2. The number of hydrogen-bond acceptors (Lipinski definition) is 4. The Bertz CT molecular complexity index is 733. The van der Waals surface area contributed by atoms with Crippen LogP contribution < -0.4 is 4.74 Å². The number of piperidine rings is 1. The maximum absolute atomic E-state index is 13.3. The molecule has 2 aliphatic heterocycles. The minimum atomic E-state index is -0.144. The van der Waals surface area contributed by atoms with Gasteiger partial charge in [-0.25, -0.2) is 0 Å². The Morgan fingerprint density at radius 3 is 2.17 bits per heavy atom. The maximum Gasteiger partial charge on any atom is 0.277 e. The van der Waals surface area contributed by atoms with E-state index in [1.165, 1.54) is 37.0 Å². The molecule has 0 atom stereocenters. The quantitative estimate of drug-likeness (QED) is 0.426. The number of ether oxygens (including phenoxy) is 1. The van der Waals surface area contributed by atoms with Gasteiger partial charge >= 0.3 is 0 Å². The molecule has 5 nitrogen and oxygen atoms in total. The predicted molar refractivity (Wildman–Crippen MR) is 115 cm³/mol. The molecule has 0 spiro atoms. The number of carbonyl (C=O) groups is 2. The highest BCUT2D eigenvalue weighted by Gasteiger charge is 2.41. The molecule has 0 bridgehead atoms. The predicted octanol–water partition coefficient (Wildman–Crippen LogP) is 4.62. The third-order valence-corrected chi connectivity index (χ3v) is 5.93. The lowest BCUT2D eigenvalue weighted by Crippen LogP contribution is -2.37. The molecule has 0 aromatic heterocycles. The fraction of sp³-hybridized carbons (Fsp3) is 0.583. The van der Waals surface area contributed by atoms with Crippen LogP contribution >= 0.6 is 0 Å². The second-order valence-electron chi connectivity index (χ2n) is 8.03. The van der Waals surface area contributed by atoms with E-state index >= 15 is 0 Å². The average Bonchev–Trinajstić information content (AvgIpc) is 3.01. The van der Waals surface area contributed by atoms with Gasteiger partial charge in [0, 0.05) is 19.6 Å². The van der Waals surface area contributed by atoms with Gasteiger partial charge in [0.2, 0.25) is 0 Å². The lowest BCUT2D eigenvalue weighted by Gasteiger charge is -2.29. The molecule has 0 saturated carbocycles. The Hall–Kier alpha value is -2.30. The van der Waals surface area contributed by atoms with E-state index < -0.39 is 0 Å². The molecule has 2 heterocycles. The summed E-state index contributed by atoms with van der Waals surface area (Å²) < 4.78 is 5.25. The number of rotatable bonds is 10. The van der Waals surface area contributed by atoms with Crippen molar-refractivity contribution in [1.29, 1.82) is 0 Å². The third kappa shape index (κ3) is 5.01. The minimum absolute atomic E-state index is 0.115. The van der Waals surface area contributed by atoms with E-state index in [0.29, 0.717) is 17.8 Å². The average molecular weight is 399 g/mol. The van der Waals surface area contributed by atoms with Crippen LogP contribution in [0.1, 0.15) is 70.3 Å². The molecule has 2 aliphatic rings. The van der Waals surface area contributed by atoms with Crippen molar-refractivity contribution in [2.75, 3.05) is 26.7 Å². The van der Waals surface area contributed by atoms with Crippen LogP contribution in [0.2, 0.25) is 0 Å². The molecule has 0 unspecified atom stereocenters. The van der Waals surface area contributed by atoms with Crippen LogP contribution in [0, 0.1) is 0 Å². The molecule has 0 radical (unpaired) electrons. The lowest BCUT2D eigenvalue weighted by atomic mass is 10.0. The Balaban J connectivity index is 1.78. The number of carbonyl (C=O) groups excluding carboxylic acids is 2. The molecule has 2 amide bonds. The number of nitrogens with zero attached hydrogens (tertiary/aromatic N) is 2. The summed E-state index contributed by atoms with van der Waals surface area (Å²) in [4.78, 5) is 30.2. The van der Waals surface area contributed by atoms with E-state index in [9.17, 15) is 9.59 Å². The number of hydrogen-bond donors (Lipinski definition) is 0. The van der Waals surface area contributed by atoms with Crippen LogP contribution in [0.25, 0.3) is 5.57 Å². The van der Waals surface area contributed by atoms with Crippen molar-refractivity contribution >= 4 is 17.4 Å². The van der Waals surface area contributed by atoms with Crippen LogP contribution in [0.4, 0.5) is 0 Å². The number of imide groups is 1. The van der Waals surface area contributed by atoms with Gasteiger partial charge in [0.1, 0.15) is 11.4 Å². The van der Waals surface area contributed by atoms with Gasteiger partial charge in [-0.15, -0.1) is 0 Å². The van der Waals surface area contributed by atoms with Gasteiger partial charge in [-0.05, 0) is 43.4 Å². The first-order chi connectivity index (χ1) is 14.2. The highest BCUT2D eigenvalue weighted by atomic mass is 16.5. The van der Waals surface area contributed by atoms with Crippen LogP contribution in [0.5, 0.6) is 5.75 Å². The van der Waals surface area contributed by atoms with E-state index in [4.69, 9.17) is 4.74 Å². The first-order valence-corrected chi connectivity index (χ1v) is 11.2. The molecule has 158 valence electrons. The summed E-state index contributed by atoms with van der Waals surface area (Å²) in [6.07, 6.45) is 10.1. The number of benzene rings is 1. The van der Waals surface area contributed by atoms with Gasteiger partial charge in [0.25, 0.3) is 11.8 Å². The largest absolute Gasteiger partial charge is 0.497 e. The maximum atomic E-state index is 13.3. The van der Waals surface area contributed by atoms with Crippen LogP contribution in [0.15, 0.2) is 30.0 Å². The summed E-state index contributed by atoms with van der Waals surface area (Å²) in [6.45, 7) is 4.41. The molecule has 3 rings (SSSR count). The van der Waals surface area contributed by atoms with E-state index in [-0.39, 0.29) is 11.8 Å². The molecule has 0 aliphatic carbocycles. The van der Waals surface area contributed by atoms with Gasteiger partial charge in [-0.3, -0.25) is 14.5 Å². The van der Waals surface area contributed by atoms with Crippen LogP contribution in [0.3, 0.4) is 0 Å². The van der Waals surface area contributed by atoms with Gasteiger partial charge < -0.3 is 9.64 Å². The number of amides is 2. The van der Waals surface area contributed by atoms with Gasteiger partial charge in [-0.2, -0.15) is 0 Å². The molecule has 1 aromatic rings. The second-order valence-corrected chi connectivity index (χ2v) is 8.03. The zero-order chi connectivity index (χ0) is 20.6. The van der Waals surface area contributed by atoms with E-state index in [0.717, 1.165) is 50.1 Å². The van der Waals surface area contributed by atoms with Gasteiger partial charge in [0.15, 0.2) is 0 Å². The first kappa shape index (κ1) is 21.4. The van der Waals surface area contributed by atoms with Crippen molar-refractivity contribution in [1.82, 2.24) is 9.80 Å². The number of unbranched alkanes of at least 4 members (excludes halogenated alkanes) is 5. The van der Waals surface area contributed by atoms with Crippen molar-refractivity contribution in [3.63, 3.8) is 0 Å². The number of methoxy groups -OCH3 is 1. The molecular weight excluding hydrogens is 364 g/mol. The van der Waals surface area contributed by atoms with Crippen molar-refractivity contribution < 1.29 is 14.3 Å². The Labute approximate surface area is 174 Å². The van der Waals surface area contributed by atoms with Gasteiger partial charge in [0.05, 0.1) is 12.7 Å². The summed E-state index contributed by atoms with van der Waals surface area (Å²) in [5.74, 6) is 0.486. The Morgan fingerprint density at radius 1 is 0.862 bits per heavy atom. The number of likely N-dealkylation sites (tertiary alicyclic amines) is 1. The Kier molecular flexibility index (Phi) is 7.73. The van der Waals surface area contributed by atoms with Crippen molar-refractivity contribution in [2.24, 2.45) is 0 Å². The molecule has 0 N–H and O–H groups in total. The molecule has 5 heteroatoms. The summed E-state index contributed by atoms with van der Waals surface area (Å²) in [5.41, 5.74) is 1.96. The highest BCUT2D eigenvalue weighted by Crippen LogP contribution is 2.34. The summed E-state index contributed by atoms with van der Waals surface area (Å²) in [5, 5.41) is 0. The third-order valence-electron chi connectivity index (χ3n) is 5.93. The zero-order valence-corrected chi connectivity index (χ0v) is 17.9. The fourth-order valence-corrected chi connectivity index (χ4v) is 4.25. The smallest absolute Gasteiger partial charge is 0.277 e. The topological polar surface area (TPSA) is 49.9 Å². The molecule has 29 heavy (non-hydrogen) atoms. The summed E-state index contributed by atoms with van der Waals surface area (Å²) >= 11 is 0. The molecule has 1 aromatic carbocycles. The monoisotopic (exact) mass is 398 g/mol. The highest BCUT2D eigenvalue weighted by molar-refractivity contribution is 6.35. The molecule has 1 fully saturated rings. The summed E-state index contributed by atoms with van der Waals surface area (Å²) in [6, 6.07) is 7.48. The van der Waals surface area contributed by atoms with Crippen molar-refractivity contribution in [3.8, 4) is 5.75 Å². The normalized spacial score (nSPS) is 17.4. The van der Waals surface area contributed by atoms with Crippen LogP contribution in [-0.4, -0.2) is 48.4 Å². The zero-order valence-electron chi connectivity index (χ0n) is 17.9. The van der Waals surface area contributed by atoms with E-state index in [2.05, 4.69) is 11.8 Å². The SMILES string of the molecule is CCCCCCCCN1C(=O)C(c2ccc(OC)cc2)=C(N2CCCCC2)C1=O. The van der Waals surface area contributed by atoms with E-state index in [1.807, 2.05) is 24.3 Å². The van der Waals surface area contributed by atoms with Crippen molar-refractivity contribution in [3.05, 3.63) is 35.5 Å². The fourth-order valence-electron chi connectivity index (χ4n) is 4.25. The van der Waals surface area contributed by atoms with E-state index in [1.54, 1.807) is 7.11 Å². The van der Waals surface area contributed by atoms with Crippen LogP contribution in [-0.2, 0) is 9.59 Å². The molecular formula is C24H34N2O3. The lowest BCUT2D eigenvalue weighted by molar-refractivity contribution is -0.137. The standard InChI is InChI=1S/C24H34N2O3/c1-3-4-5-6-7-11-18-26-23(27)21(19-12-14-20(29-2)15-13-19)22(24(26)28)25-16-9-8-10-17-25/h12-15H,3-11,16-18H2,1-2H3. The minimum Gasteiger partial charge on any atom is -0.497 e. The van der Waals surface area contributed by atoms with Crippen molar-refractivity contribution in [2.45, 2.75) is 64.7 Å². The molecule has 1 saturated heterocycles. The Morgan fingerprint density at radius 2 is 1.52 bits per heavy atom. The van der Waals surface area contributed by atoms with Gasteiger partial charge in [-0.1, -0.05) is 51.2 Å². The second kappa shape index (κ2) is 10.5. The summed E-state index contributed by atoms with van der Waals surface area (Å²) in [7, 11) is 1.62.